The largest absolute Gasteiger partial charge is 0.497 e. The first-order valence-electron chi connectivity index (χ1n) is 15.0. The van der Waals surface area contributed by atoms with Gasteiger partial charge in [0.15, 0.2) is 0 Å². The van der Waals surface area contributed by atoms with Crippen LogP contribution in [0.5, 0.6) is 5.75 Å². The van der Waals surface area contributed by atoms with Crippen molar-refractivity contribution < 1.29 is 9.53 Å². The van der Waals surface area contributed by atoms with E-state index >= 15 is 0 Å². The molecule has 206 valence electrons. The Morgan fingerprint density at radius 2 is 1.68 bits per heavy atom. The van der Waals surface area contributed by atoms with Gasteiger partial charge in [0, 0.05) is 25.2 Å². The van der Waals surface area contributed by atoms with Gasteiger partial charge < -0.3 is 14.5 Å². The molecular formula is C33H47N3O2. The van der Waals surface area contributed by atoms with Crippen LogP contribution in [-0.4, -0.2) is 60.1 Å². The highest BCUT2D eigenvalue weighted by Crippen LogP contribution is 2.50. The smallest absolute Gasteiger partial charge is 0.320 e. The average Bonchev–Trinajstić information content (AvgIpc) is 3.17. The Morgan fingerprint density at radius 1 is 0.974 bits per heavy atom. The van der Waals surface area contributed by atoms with Gasteiger partial charge in [0.05, 0.1) is 12.6 Å². The molecule has 2 aromatic carbocycles. The number of carbonyl (C=O) groups excluding carboxylic acids is 1. The summed E-state index contributed by atoms with van der Waals surface area (Å²) in [4.78, 5) is 21.0. The van der Waals surface area contributed by atoms with Gasteiger partial charge in [0.25, 0.3) is 0 Å². The van der Waals surface area contributed by atoms with Crippen molar-refractivity contribution in [1.29, 1.82) is 0 Å². The van der Waals surface area contributed by atoms with E-state index in [0.717, 1.165) is 51.1 Å². The Kier molecular flexibility index (Phi) is 8.32. The summed E-state index contributed by atoms with van der Waals surface area (Å²) in [6, 6.07) is 19.6. The fraction of sp³-hybridized carbons (Fsp3) is 0.606. The molecule has 3 fully saturated rings. The Balaban J connectivity index is 1.38. The van der Waals surface area contributed by atoms with Gasteiger partial charge >= 0.3 is 6.03 Å². The number of hydrogen-bond acceptors (Lipinski definition) is 3. The molecule has 1 aliphatic heterocycles. The first kappa shape index (κ1) is 27.1. The van der Waals surface area contributed by atoms with Crippen molar-refractivity contribution in [2.24, 2.45) is 5.92 Å². The van der Waals surface area contributed by atoms with Crippen LogP contribution in [0.4, 0.5) is 4.79 Å². The zero-order valence-corrected chi connectivity index (χ0v) is 23.8. The van der Waals surface area contributed by atoms with Crippen LogP contribution in [0.3, 0.4) is 0 Å². The van der Waals surface area contributed by atoms with Gasteiger partial charge in [-0.25, -0.2) is 4.79 Å². The summed E-state index contributed by atoms with van der Waals surface area (Å²) >= 11 is 0. The minimum atomic E-state index is -0.0539. The molecule has 2 aliphatic carbocycles. The summed E-state index contributed by atoms with van der Waals surface area (Å²) in [7, 11) is 4.03. The Hall–Kier alpha value is -2.53. The van der Waals surface area contributed by atoms with Crippen LogP contribution >= 0.6 is 0 Å². The monoisotopic (exact) mass is 517 g/mol. The Bertz CT molecular complexity index is 1040. The topological polar surface area (TPSA) is 36.0 Å². The normalized spacial score (nSPS) is 25.8. The molecule has 2 aromatic rings. The second-order valence-corrected chi connectivity index (χ2v) is 12.1. The lowest BCUT2D eigenvalue weighted by Crippen LogP contribution is -2.57. The number of nitrogens with zero attached hydrogens (tertiary/aromatic N) is 3. The third-order valence-electron chi connectivity index (χ3n) is 9.90. The van der Waals surface area contributed by atoms with Crippen molar-refractivity contribution in [1.82, 2.24) is 14.7 Å². The van der Waals surface area contributed by atoms with Crippen LogP contribution in [0, 0.1) is 5.92 Å². The fourth-order valence-corrected chi connectivity index (χ4v) is 7.17. The van der Waals surface area contributed by atoms with Gasteiger partial charge in [-0.3, -0.25) is 4.90 Å². The van der Waals surface area contributed by atoms with Gasteiger partial charge in [-0.15, -0.1) is 0 Å². The third kappa shape index (κ3) is 5.32. The number of hydrogen-bond donors (Lipinski definition) is 0. The van der Waals surface area contributed by atoms with Crippen molar-refractivity contribution in [2.45, 2.75) is 88.8 Å². The molecule has 38 heavy (non-hydrogen) atoms. The van der Waals surface area contributed by atoms with Crippen molar-refractivity contribution in [3.05, 3.63) is 65.7 Å². The molecule has 5 rings (SSSR count). The van der Waals surface area contributed by atoms with Crippen molar-refractivity contribution >= 4 is 6.03 Å². The molecule has 0 atom stereocenters. The SMILES string of the molecule is CCCCCN(C)[C@]1(c2ccccc2)CC[C@@]2(CC1)CN(Cc1ccc(OC)cc1)C(=O)N2CC1CCC1. The predicted molar refractivity (Wildman–Crippen MR) is 154 cm³/mol. The zero-order chi connectivity index (χ0) is 26.6. The highest BCUT2D eigenvalue weighted by molar-refractivity contribution is 5.78. The molecule has 1 heterocycles. The van der Waals surface area contributed by atoms with E-state index in [1.165, 1.54) is 49.7 Å². The van der Waals surface area contributed by atoms with Gasteiger partial charge in [-0.2, -0.15) is 0 Å². The number of carbonyl (C=O) groups is 1. The van der Waals surface area contributed by atoms with Crippen molar-refractivity contribution in [3.63, 3.8) is 0 Å². The molecule has 5 nitrogen and oxygen atoms in total. The lowest BCUT2D eigenvalue weighted by atomic mass is 9.67. The quantitative estimate of drug-likeness (QED) is 0.299. The second kappa shape index (κ2) is 11.7. The standard InChI is InChI=1S/C33H47N3O2/c1-4-5-9-23-34(2)33(29-13-7-6-8-14-29)21-19-32(20-22-33)26-35(24-28-15-17-30(38-3)18-16-28)31(37)36(32)25-27-11-10-12-27/h6-8,13-18,27H,4-5,9-12,19-26H2,1-3H3/t32-,33-. The predicted octanol–water partition coefficient (Wildman–Crippen LogP) is 7.06. The van der Waals surface area contributed by atoms with E-state index in [1.807, 2.05) is 12.1 Å². The van der Waals surface area contributed by atoms with E-state index in [9.17, 15) is 4.79 Å². The number of benzene rings is 2. The maximum Gasteiger partial charge on any atom is 0.320 e. The molecule has 0 unspecified atom stereocenters. The van der Waals surface area contributed by atoms with E-state index < -0.39 is 0 Å². The average molecular weight is 518 g/mol. The van der Waals surface area contributed by atoms with Crippen molar-refractivity contribution in [2.75, 3.05) is 33.8 Å². The maximum atomic E-state index is 13.9. The van der Waals surface area contributed by atoms with Crippen LogP contribution in [0.1, 0.15) is 82.3 Å². The number of urea groups is 1. The Labute approximate surface area is 230 Å². The van der Waals surface area contributed by atoms with E-state index in [-0.39, 0.29) is 17.1 Å². The number of ether oxygens (including phenoxy) is 1. The highest BCUT2D eigenvalue weighted by Gasteiger charge is 2.55. The van der Waals surface area contributed by atoms with E-state index in [1.54, 1.807) is 7.11 Å². The van der Waals surface area contributed by atoms with E-state index in [4.69, 9.17) is 4.74 Å². The number of amides is 2. The minimum Gasteiger partial charge on any atom is -0.497 e. The van der Waals surface area contributed by atoms with Crippen LogP contribution in [-0.2, 0) is 12.1 Å². The molecule has 1 saturated heterocycles. The lowest BCUT2D eigenvalue weighted by Gasteiger charge is -2.52. The van der Waals surface area contributed by atoms with Gasteiger partial charge in [0.2, 0.25) is 0 Å². The van der Waals surface area contributed by atoms with Crippen LogP contribution in [0.15, 0.2) is 54.6 Å². The molecule has 2 amide bonds. The van der Waals surface area contributed by atoms with Crippen LogP contribution < -0.4 is 4.74 Å². The fourth-order valence-electron chi connectivity index (χ4n) is 7.17. The van der Waals surface area contributed by atoms with Gasteiger partial charge in [0.1, 0.15) is 5.75 Å². The summed E-state index contributed by atoms with van der Waals surface area (Å²) in [5.41, 5.74) is 2.61. The van der Waals surface area contributed by atoms with E-state index in [2.05, 4.69) is 71.1 Å². The summed E-state index contributed by atoms with van der Waals surface area (Å²) in [6.07, 6.45) is 12.0. The van der Waals surface area contributed by atoms with Crippen molar-refractivity contribution in [3.8, 4) is 5.75 Å². The lowest BCUT2D eigenvalue weighted by molar-refractivity contribution is 0.00407. The molecular weight excluding hydrogens is 470 g/mol. The number of methoxy groups -OCH3 is 1. The molecule has 0 radical (unpaired) electrons. The molecule has 2 saturated carbocycles. The first-order valence-corrected chi connectivity index (χ1v) is 15.0. The molecule has 0 aromatic heterocycles. The molecule has 0 bridgehead atoms. The minimum absolute atomic E-state index is 0.0504. The summed E-state index contributed by atoms with van der Waals surface area (Å²) in [5, 5.41) is 0. The molecule has 5 heteroatoms. The second-order valence-electron chi connectivity index (χ2n) is 12.1. The van der Waals surface area contributed by atoms with Crippen LogP contribution in [0.2, 0.25) is 0 Å². The van der Waals surface area contributed by atoms with Gasteiger partial charge in [-0.05, 0) is 87.7 Å². The zero-order valence-electron chi connectivity index (χ0n) is 23.8. The maximum absolute atomic E-state index is 13.9. The molecule has 1 spiro atoms. The third-order valence-corrected chi connectivity index (χ3v) is 9.90. The first-order chi connectivity index (χ1) is 18.5. The summed E-state index contributed by atoms with van der Waals surface area (Å²) in [5.74, 6) is 1.53. The number of rotatable bonds is 11. The van der Waals surface area contributed by atoms with Crippen LogP contribution in [0.25, 0.3) is 0 Å². The Morgan fingerprint density at radius 3 is 2.29 bits per heavy atom. The summed E-state index contributed by atoms with van der Waals surface area (Å²) in [6.45, 7) is 5.86. The molecule has 0 N–H and O–H groups in total. The highest BCUT2D eigenvalue weighted by atomic mass is 16.5. The van der Waals surface area contributed by atoms with E-state index in [0.29, 0.717) is 12.5 Å². The summed E-state index contributed by atoms with van der Waals surface area (Å²) < 4.78 is 5.34. The number of unbranched alkanes of at least 4 members (excludes halogenated alkanes) is 2. The van der Waals surface area contributed by atoms with Gasteiger partial charge in [-0.1, -0.05) is 68.7 Å². The molecule has 3 aliphatic rings.